The average molecular weight is 390 g/mol. The highest BCUT2D eigenvalue weighted by molar-refractivity contribution is 8.03. The molecule has 0 aliphatic heterocycles. The van der Waals surface area contributed by atoms with Crippen molar-refractivity contribution in [3.05, 3.63) is 63.2 Å². The summed E-state index contributed by atoms with van der Waals surface area (Å²) in [6.45, 7) is 0.634. The van der Waals surface area contributed by atoms with Gasteiger partial charge in [0.25, 0.3) is 0 Å². The number of hydrogen-bond acceptors (Lipinski definition) is 9. The van der Waals surface area contributed by atoms with Gasteiger partial charge in [-0.3, -0.25) is 10.1 Å². The quantitative estimate of drug-likeness (QED) is 0.342. The van der Waals surface area contributed by atoms with E-state index < -0.39 is 4.92 Å². The number of benzene rings is 1. The molecule has 0 atom stereocenters. The molecule has 134 valence electrons. The van der Waals surface area contributed by atoms with E-state index in [1.54, 1.807) is 18.6 Å². The number of thioether (sulfide) groups is 1. The van der Waals surface area contributed by atoms with Crippen molar-refractivity contribution in [1.82, 2.24) is 10.2 Å². The van der Waals surface area contributed by atoms with Gasteiger partial charge in [0.15, 0.2) is 4.34 Å². The normalized spacial score (nSPS) is 11.0. The molecule has 3 rings (SSSR count). The lowest BCUT2D eigenvalue weighted by molar-refractivity contribution is -0.402. The van der Waals surface area contributed by atoms with Gasteiger partial charge in [-0.2, -0.15) is 0 Å². The number of nitro groups is 1. The number of ether oxygens (including phenoxy) is 1. The van der Waals surface area contributed by atoms with Gasteiger partial charge in [0.1, 0.15) is 16.4 Å². The van der Waals surface area contributed by atoms with Gasteiger partial charge in [-0.15, -0.1) is 10.2 Å². The summed E-state index contributed by atoms with van der Waals surface area (Å²) in [4.78, 5) is 9.99. The lowest BCUT2D eigenvalue weighted by Crippen LogP contribution is -1.98. The highest BCUT2D eigenvalue weighted by Gasteiger charge is 2.10. The molecular weight excluding hydrogens is 376 g/mol. The Morgan fingerprint density at radius 1 is 1.31 bits per heavy atom. The van der Waals surface area contributed by atoms with Crippen molar-refractivity contribution >= 4 is 40.2 Å². The van der Waals surface area contributed by atoms with Crippen molar-refractivity contribution in [3.8, 4) is 5.75 Å². The maximum atomic E-state index is 10.6. The fourth-order valence-corrected chi connectivity index (χ4v) is 3.41. The van der Waals surface area contributed by atoms with E-state index in [1.165, 1.54) is 35.2 Å². The lowest BCUT2D eigenvalue weighted by atomic mass is 10.2. The second-order valence-corrected chi connectivity index (χ2v) is 7.06. The number of hydrogen-bond donors (Lipinski definition) is 1. The van der Waals surface area contributed by atoms with E-state index in [1.807, 2.05) is 24.3 Å². The Labute approximate surface area is 157 Å². The van der Waals surface area contributed by atoms with E-state index in [4.69, 9.17) is 9.15 Å². The van der Waals surface area contributed by atoms with Crippen LogP contribution >= 0.6 is 23.1 Å². The Morgan fingerprint density at radius 2 is 2.12 bits per heavy atom. The zero-order valence-electron chi connectivity index (χ0n) is 13.6. The number of nitrogens with zero attached hydrogens (tertiary/aromatic N) is 3. The topological polar surface area (TPSA) is 103 Å². The summed E-state index contributed by atoms with van der Waals surface area (Å²) < 4.78 is 10.9. The number of aromatic nitrogens is 2. The summed E-state index contributed by atoms with van der Waals surface area (Å²) in [6, 6.07) is 10.6. The van der Waals surface area contributed by atoms with Gasteiger partial charge in [0.2, 0.25) is 5.13 Å². The van der Waals surface area contributed by atoms with E-state index in [-0.39, 0.29) is 5.88 Å². The van der Waals surface area contributed by atoms with E-state index in [2.05, 4.69) is 15.5 Å². The Bertz CT molecular complexity index is 905. The second kappa shape index (κ2) is 8.50. The number of nitrogens with one attached hydrogen (secondary N) is 1. The van der Waals surface area contributed by atoms with Crippen LogP contribution in [-0.2, 0) is 6.54 Å². The lowest BCUT2D eigenvalue weighted by Gasteiger charge is -2.03. The van der Waals surface area contributed by atoms with Gasteiger partial charge in [-0.1, -0.05) is 35.2 Å². The van der Waals surface area contributed by atoms with Crippen LogP contribution in [-0.4, -0.2) is 22.2 Å². The maximum Gasteiger partial charge on any atom is 0.433 e. The second-order valence-electron chi connectivity index (χ2n) is 4.93. The largest absolute Gasteiger partial charge is 0.497 e. The first-order chi connectivity index (χ1) is 12.6. The zero-order chi connectivity index (χ0) is 18.4. The van der Waals surface area contributed by atoms with Crippen molar-refractivity contribution in [2.24, 2.45) is 0 Å². The minimum absolute atomic E-state index is 0.282. The van der Waals surface area contributed by atoms with E-state index in [0.29, 0.717) is 17.4 Å². The molecule has 2 aromatic heterocycles. The third-order valence-corrected chi connectivity index (χ3v) is 4.97. The van der Waals surface area contributed by atoms with Gasteiger partial charge in [0.05, 0.1) is 13.2 Å². The molecule has 0 unspecified atom stereocenters. The molecule has 0 spiro atoms. The summed E-state index contributed by atoms with van der Waals surface area (Å²) in [5, 5.41) is 24.4. The van der Waals surface area contributed by atoms with Gasteiger partial charge < -0.3 is 14.5 Å². The van der Waals surface area contributed by atoms with E-state index >= 15 is 0 Å². The summed E-state index contributed by atoms with van der Waals surface area (Å²) in [6.07, 6.45) is 1.64. The molecule has 0 saturated heterocycles. The van der Waals surface area contributed by atoms with Crippen LogP contribution < -0.4 is 10.1 Å². The Morgan fingerprint density at radius 3 is 2.81 bits per heavy atom. The minimum Gasteiger partial charge on any atom is -0.497 e. The van der Waals surface area contributed by atoms with Crippen molar-refractivity contribution in [3.63, 3.8) is 0 Å². The number of anilines is 1. The van der Waals surface area contributed by atoms with Gasteiger partial charge in [-0.25, -0.2) is 0 Å². The highest BCUT2D eigenvalue weighted by atomic mass is 32.2. The molecule has 1 aromatic carbocycles. The molecule has 26 heavy (non-hydrogen) atoms. The van der Waals surface area contributed by atoms with Crippen LogP contribution in [0.25, 0.3) is 6.08 Å². The van der Waals surface area contributed by atoms with Gasteiger partial charge in [0, 0.05) is 6.54 Å². The predicted molar refractivity (Wildman–Crippen MR) is 100 cm³/mol. The molecule has 0 aliphatic carbocycles. The monoisotopic (exact) mass is 390 g/mol. The molecule has 0 bridgehead atoms. The molecule has 10 heteroatoms. The SMILES string of the molecule is COc1ccc(CNc2nnc(S/C=C/c3ccc([N+](=O)[O-])o3)s2)cc1. The molecule has 0 amide bonds. The third-order valence-electron chi connectivity index (χ3n) is 3.20. The first-order valence-electron chi connectivity index (χ1n) is 7.42. The first-order valence-corrected chi connectivity index (χ1v) is 9.11. The van der Waals surface area contributed by atoms with Crippen molar-refractivity contribution in [2.75, 3.05) is 12.4 Å². The molecule has 2 heterocycles. The summed E-state index contributed by atoms with van der Waals surface area (Å²) in [7, 11) is 1.63. The molecule has 0 radical (unpaired) electrons. The number of methoxy groups -OCH3 is 1. The summed E-state index contributed by atoms with van der Waals surface area (Å²) in [5.74, 6) is 0.944. The predicted octanol–water partition coefficient (Wildman–Crippen LogP) is 4.42. The Hall–Kier alpha value is -2.85. The van der Waals surface area contributed by atoms with Crippen LogP contribution in [0, 0.1) is 10.1 Å². The van der Waals surface area contributed by atoms with Crippen LogP contribution in [0.2, 0.25) is 0 Å². The van der Waals surface area contributed by atoms with Gasteiger partial charge in [-0.05, 0) is 35.2 Å². The smallest absolute Gasteiger partial charge is 0.433 e. The van der Waals surface area contributed by atoms with Gasteiger partial charge >= 0.3 is 5.88 Å². The number of rotatable bonds is 8. The van der Waals surface area contributed by atoms with E-state index in [9.17, 15) is 10.1 Å². The van der Waals surface area contributed by atoms with E-state index in [0.717, 1.165) is 15.7 Å². The fraction of sp³-hybridized carbons (Fsp3) is 0.125. The molecule has 0 aliphatic rings. The van der Waals surface area contributed by atoms with Crippen LogP contribution in [0.3, 0.4) is 0 Å². The Kier molecular flexibility index (Phi) is 5.87. The minimum atomic E-state index is -0.573. The molecule has 8 nitrogen and oxygen atoms in total. The third kappa shape index (κ3) is 4.83. The van der Waals surface area contributed by atoms with Crippen LogP contribution in [0.5, 0.6) is 5.75 Å². The fourth-order valence-electron chi connectivity index (χ4n) is 1.94. The van der Waals surface area contributed by atoms with Crippen molar-refractivity contribution < 1.29 is 14.1 Å². The first kappa shape index (κ1) is 18.0. The molecular formula is C16H14N4O4S2. The number of furan rings is 1. The molecule has 3 aromatic rings. The van der Waals surface area contributed by atoms with Crippen LogP contribution in [0.15, 0.2) is 50.6 Å². The van der Waals surface area contributed by atoms with Crippen molar-refractivity contribution in [1.29, 1.82) is 0 Å². The zero-order valence-corrected chi connectivity index (χ0v) is 15.3. The Balaban J connectivity index is 1.50. The maximum absolute atomic E-state index is 10.6. The standard InChI is InChI=1S/C16H14N4O4S2/c1-23-12-4-2-11(3-5-12)10-17-15-18-19-16(26-15)25-9-8-13-6-7-14(24-13)20(21)22/h2-9H,10H2,1H3,(H,17,18)/b9-8+. The molecule has 0 fully saturated rings. The van der Waals surface area contributed by atoms with Crippen LogP contribution in [0.4, 0.5) is 11.0 Å². The molecule has 1 N–H and O–H groups in total. The highest BCUT2D eigenvalue weighted by Crippen LogP contribution is 2.28. The summed E-state index contributed by atoms with van der Waals surface area (Å²) >= 11 is 2.78. The van der Waals surface area contributed by atoms with Crippen molar-refractivity contribution in [2.45, 2.75) is 10.9 Å². The average Bonchev–Trinajstić information content (AvgIpc) is 3.30. The molecule has 0 saturated carbocycles. The van der Waals surface area contributed by atoms with Crippen LogP contribution in [0.1, 0.15) is 11.3 Å². The summed E-state index contributed by atoms with van der Waals surface area (Å²) in [5.41, 5.74) is 1.11.